The maximum absolute atomic E-state index is 6.34. The van der Waals surface area contributed by atoms with E-state index in [4.69, 9.17) is 33.2 Å². The number of nitrogens with zero attached hydrogens (tertiary/aromatic N) is 3. The Morgan fingerprint density at radius 1 is 0.969 bits per heavy atom. The average molecular weight is 483 g/mol. The molecule has 1 fully saturated rings. The average Bonchev–Trinajstić information content (AvgIpc) is 3.49. The number of anilines is 1. The topological polar surface area (TPSA) is 41.1 Å². The minimum absolute atomic E-state index is 0.564. The van der Waals surface area contributed by atoms with E-state index < -0.39 is 0 Å². The zero-order valence-electron chi connectivity index (χ0n) is 17.7. The molecule has 164 valence electrons. The third-order valence-corrected chi connectivity index (χ3v) is 7.39. The van der Waals surface area contributed by atoms with E-state index in [1.165, 1.54) is 31.5 Å². The zero-order valence-corrected chi connectivity index (χ0v) is 20.0. The molecule has 2 aromatic carbocycles. The third-order valence-electron chi connectivity index (χ3n) is 5.89. The normalized spacial score (nSPS) is 14.3. The number of benzene rings is 2. The van der Waals surface area contributed by atoms with E-state index in [-0.39, 0.29) is 0 Å². The number of rotatable bonds is 7. The molecule has 0 unspecified atom stereocenters. The summed E-state index contributed by atoms with van der Waals surface area (Å²) in [6.45, 7) is 4.18. The van der Waals surface area contributed by atoms with E-state index in [1.807, 2.05) is 23.6 Å². The molecule has 0 atom stereocenters. The van der Waals surface area contributed by atoms with Crippen LogP contribution < -0.4 is 5.32 Å². The largest absolute Gasteiger partial charge is 0.365 e. The van der Waals surface area contributed by atoms with Gasteiger partial charge in [0, 0.05) is 28.7 Å². The van der Waals surface area contributed by atoms with Crippen LogP contribution in [0.3, 0.4) is 0 Å². The van der Waals surface area contributed by atoms with E-state index in [0.717, 1.165) is 46.0 Å². The highest BCUT2D eigenvalue weighted by Gasteiger charge is 2.13. The number of hydrogen-bond donors (Lipinski definition) is 1. The van der Waals surface area contributed by atoms with E-state index >= 15 is 0 Å². The molecule has 0 radical (unpaired) electrons. The molecule has 4 nitrogen and oxygen atoms in total. The van der Waals surface area contributed by atoms with Crippen molar-refractivity contribution in [1.29, 1.82) is 0 Å². The Labute approximate surface area is 202 Å². The summed E-state index contributed by atoms with van der Waals surface area (Å²) >= 11 is 14.0. The first-order valence-corrected chi connectivity index (χ1v) is 12.5. The Bertz CT molecular complexity index is 1220. The molecule has 1 aliphatic rings. The number of hydrogen-bond acceptors (Lipinski definition) is 5. The first-order chi connectivity index (χ1) is 15.7. The van der Waals surface area contributed by atoms with Gasteiger partial charge in [-0.3, -0.25) is 0 Å². The van der Waals surface area contributed by atoms with Gasteiger partial charge in [-0.05, 0) is 67.1 Å². The van der Waals surface area contributed by atoms with E-state index in [0.29, 0.717) is 16.6 Å². The zero-order chi connectivity index (χ0) is 21.9. The molecule has 0 amide bonds. The van der Waals surface area contributed by atoms with Crippen LogP contribution in [0.5, 0.6) is 0 Å². The van der Waals surface area contributed by atoms with Gasteiger partial charge in [-0.2, -0.15) is 0 Å². The number of aromatic nitrogens is 2. The standard InChI is InChI=1S/C25H24Cl2N4S/c26-20-8-7-19(21(27)15-20)16-28-25-23-22(10-14-32-23)29-24(30-25)18-5-3-17(4-6-18)9-13-31-11-1-2-12-31/h3-8,10,14-15H,1-2,9,11-13,16H2,(H,28,29,30). The lowest BCUT2D eigenvalue weighted by Crippen LogP contribution is -2.21. The fourth-order valence-electron chi connectivity index (χ4n) is 4.07. The second-order valence-electron chi connectivity index (χ2n) is 8.12. The summed E-state index contributed by atoms with van der Waals surface area (Å²) in [6, 6.07) is 16.3. The van der Waals surface area contributed by atoms with Gasteiger partial charge < -0.3 is 10.2 Å². The minimum Gasteiger partial charge on any atom is -0.365 e. The fourth-order valence-corrected chi connectivity index (χ4v) is 5.34. The molecule has 5 rings (SSSR count). The fraction of sp³-hybridized carbons (Fsp3) is 0.280. The summed E-state index contributed by atoms with van der Waals surface area (Å²) in [6.07, 6.45) is 3.75. The van der Waals surface area contributed by atoms with Crippen molar-refractivity contribution in [2.24, 2.45) is 0 Å². The molecule has 1 N–H and O–H groups in total. The number of halogens is 2. The summed E-state index contributed by atoms with van der Waals surface area (Å²) in [5.74, 6) is 1.55. The maximum atomic E-state index is 6.34. The molecule has 4 aromatic rings. The summed E-state index contributed by atoms with van der Waals surface area (Å²) < 4.78 is 1.04. The predicted octanol–water partition coefficient (Wildman–Crippen LogP) is 6.92. The van der Waals surface area contributed by atoms with Crippen molar-refractivity contribution in [2.45, 2.75) is 25.8 Å². The van der Waals surface area contributed by atoms with Crippen LogP contribution >= 0.6 is 34.5 Å². The Morgan fingerprint density at radius 2 is 1.78 bits per heavy atom. The number of likely N-dealkylation sites (tertiary alicyclic amines) is 1. The van der Waals surface area contributed by atoms with Gasteiger partial charge in [0.2, 0.25) is 0 Å². The van der Waals surface area contributed by atoms with Gasteiger partial charge in [0.25, 0.3) is 0 Å². The van der Waals surface area contributed by atoms with Crippen molar-refractivity contribution >= 4 is 50.6 Å². The van der Waals surface area contributed by atoms with E-state index in [2.05, 4.69) is 34.5 Å². The highest BCUT2D eigenvalue weighted by Crippen LogP contribution is 2.30. The quantitative estimate of drug-likeness (QED) is 0.310. The highest BCUT2D eigenvalue weighted by molar-refractivity contribution is 7.17. The van der Waals surface area contributed by atoms with Crippen LogP contribution in [0.15, 0.2) is 53.9 Å². The van der Waals surface area contributed by atoms with Gasteiger partial charge in [0.05, 0.1) is 10.2 Å². The van der Waals surface area contributed by atoms with Crippen LogP contribution in [0.4, 0.5) is 5.82 Å². The van der Waals surface area contributed by atoms with Crippen molar-refractivity contribution in [2.75, 3.05) is 25.0 Å². The van der Waals surface area contributed by atoms with Crippen LogP contribution in [0.25, 0.3) is 21.6 Å². The van der Waals surface area contributed by atoms with E-state index in [9.17, 15) is 0 Å². The molecule has 3 heterocycles. The summed E-state index contributed by atoms with van der Waals surface area (Å²) in [5.41, 5.74) is 4.30. The molecule has 0 saturated carbocycles. The monoisotopic (exact) mass is 482 g/mol. The lowest BCUT2D eigenvalue weighted by molar-refractivity contribution is 0.343. The summed E-state index contributed by atoms with van der Waals surface area (Å²) in [4.78, 5) is 12.2. The Morgan fingerprint density at radius 3 is 2.56 bits per heavy atom. The molecule has 0 bridgehead atoms. The van der Waals surface area contributed by atoms with Crippen LogP contribution in [-0.4, -0.2) is 34.5 Å². The lowest BCUT2D eigenvalue weighted by Gasteiger charge is -2.14. The molecule has 0 spiro atoms. The molecule has 7 heteroatoms. The van der Waals surface area contributed by atoms with Crippen molar-refractivity contribution in [3.8, 4) is 11.4 Å². The van der Waals surface area contributed by atoms with Gasteiger partial charge >= 0.3 is 0 Å². The molecular formula is C25H24Cl2N4S. The molecule has 2 aromatic heterocycles. The maximum Gasteiger partial charge on any atom is 0.162 e. The van der Waals surface area contributed by atoms with E-state index in [1.54, 1.807) is 17.4 Å². The summed E-state index contributed by atoms with van der Waals surface area (Å²) in [7, 11) is 0. The van der Waals surface area contributed by atoms with Crippen LogP contribution in [-0.2, 0) is 13.0 Å². The van der Waals surface area contributed by atoms with Crippen LogP contribution in [0.1, 0.15) is 24.0 Å². The number of thiophene rings is 1. The van der Waals surface area contributed by atoms with Gasteiger partial charge in [0.1, 0.15) is 5.82 Å². The van der Waals surface area contributed by atoms with Crippen molar-refractivity contribution < 1.29 is 0 Å². The Hall–Kier alpha value is -2.18. The smallest absolute Gasteiger partial charge is 0.162 e. The first-order valence-electron chi connectivity index (χ1n) is 10.9. The van der Waals surface area contributed by atoms with Crippen LogP contribution in [0.2, 0.25) is 10.0 Å². The molecule has 1 aliphatic heterocycles. The van der Waals surface area contributed by atoms with Crippen LogP contribution in [0, 0.1) is 0 Å². The highest BCUT2D eigenvalue weighted by atomic mass is 35.5. The predicted molar refractivity (Wildman–Crippen MR) is 136 cm³/mol. The molecule has 1 saturated heterocycles. The number of fused-ring (bicyclic) bond motifs is 1. The van der Waals surface area contributed by atoms with Gasteiger partial charge in [-0.15, -0.1) is 11.3 Å². The Kier molecular flexibility index (Phi) is 6.60. The van der Waals surface area contributed by atoms with Crippen molar-refractivity contribution in [3.05, 3.63) is 75.1 Å². The Balaban J connectivity index is 1.35. The molecular weight excluding hydrogens is 459 g/mol. The SMILES string of the molecule is Clc1ccc(CNc2nc(-c3ccc(CCN4CCCC4)cc3)nc3ccsc23)c(Cl)c1. The third kappa shape index (κ3) is 4.91. The first kappa shape index (κ1) is 21.7. The van der Waals surface area contributed by atoms with Crippen molar-refractivity contribution in [1.82, 2.24) is 14.9 Å². The lowest BCUT2D eigenvalue weighted by atomic mass is 10.1. The van der Waals surface area contributed by atoms with Gasteiger partial charge in [0.15, 0.2) is 5.82 Å². The minimum atomic E-state index is 0.564. The number of nitrogens with one attached hydrogen (secondary N) is 1. The second-order valence-corrected chi connectivity index (χ2v) is 9.88. The molecule has 32 heavy (non-hydrogen) atoms. The second kappa shape index (κ2) is 9.75. The molecule has 0 aliphatic carbocycles. The van der Waals surface area contributed by atoms with Gasteiger partial charge in [-0.1, -0.05) is 53.5 Å². The van der Waals surface area contributed by atoms with Crippen molar-refractivity contribution in [3.63, 3.8) is 0 Å². The van der Waals surface area contributed by atoms with Gasteiger partial charge in [-0.25, -0.2) is 9.97 Å². The summed E-state index contributed by atoms with van der Waals surface area (Å²) in [5, 5.41) is 6.77.